The van der Waals surface area contributed by atoms with Crippen molar-refractivity contribution in [3.63, 3.8) is 0 Å². The van der Waals surface area contributed by atoms with Gasteiger partial charge in [0, 0.05) is 6.04 Å². The molecule has 0 aliphatic carbocycles. The zero-order chi connectivity index (χ0) is 9.84. The highest BCUT2D eigenvalue weighted by Gasteiger charge is 2.13. The van der Waals surface area contributed by atoms with Crippen molar-refractivity contribution in [1.29, 1.82) is 0 Å². The summed E-state index contributed by atoms with van der Waals surface area (Å²) < 4.78 is 0. The second-order valence-corrected chi connectivity index (χ2v) is 3.98. The van der Waals surface area contributed by atoms with Gasteiger partial charge in [0.1, 0.15) is 4.88 Å². The van der Waals surface area contributed by atoms with E-state index in [0.29, 0.717) is 9.90 Å². The molecule has 13 heavy (non-hydrogen) atoms. The molecule has 2 N–H and O–H groups in total. The number of rotatable bonds is 3. The molecule has 0 bridgehead atoms. The van der Waals surface area contributed by atoms with Crippen molar-refractivity contribution in [1.82, 2.24) is 5.32 Å². The van der Waals surface area contributed by atoms with E-state index in [1.165, 1.54) is 11.3 Å². The lowest BCUT2D eigenvalue weighted by Gasteiger charge is -2.09. The quantitative estimate of drug-likeness (QED) is 0.810. The molecule has 1 atom stereocenters. The van der Waals surface area contributed by atoms with E-state index < -0.39 is 0 Å². The highest BCUT2D eigenvalue weighted by Crippen LogP contribution is 2.21. The summed E-state index contributed by atoms with van der Waals surface area (Å²) in [5, 5.41) is 13.5. The molecule has 0 unspecified atom stereocenters. The summed E-state index contributed by atoms with van der Waals surface area (Å²) in [5.74, 6) is -0.235. The van der Waals surface area contributed by atoms with Crippen LogP contribution in [0.3, 0.4) is 0 Å². The maximum atomic E-state index is 11.4. The Hall–Kier alpha value is -0.580. The molecule has 1 amide bonds. The summed E-state index contributed by atoms with van der Waals surface area (Å²) >= 11 is 7.03. The van der Waals surface area contributed by atoms with Gasteiger partial charge in [0.25, 0.3) is 5.91 Å². The number of nitrogens with one attached hydrogen (secondary N) is 1. The average molecular weight is 220 g/mol. The van der Waals surface area contributed by atoms with Crippen molar-refractivity contribution in [2.45, 2.75) is 13.0 Å². The Morgan fingerprint density at radius 2 is 2.54 bits per heavy atom. The van der Waals surface area contributed by atoms with E-state index >= 15 is 0 Å². The summed E-state index contributed by atoms with van der Waals surface area (Å²) in [6.07, 6.45) is 0. The second kappa shape index (κ2) is 4.60. The highest BCUT2D eigenvalue weighted by atomic mass is 35.5. The third-order valence-electron chi connectivity index (χ3n) is 1.47. The van der Waals surface area contributed by atoms with E-state index in [1.54, 1.807) is 18.4 Å². The molecule has 0 aliphatic rings. The Balaban J connectivity index is 2.64. The Morgan fingerprint density at radius 3 is 3.00 bits per heavy atom. The van der Waals surface area contributed by atoms with Crippen LogP contribution in [0.5, 0.6) is 0 Å². The van der Waals surface area contributed by atoms with Gasteiger partial charge in [0.05, 0.1) is 11.6 Å². The fourth-order valence-electron chi connectivity index (χ4n) is 0.791. The molecular weight excluding hydrogens is 210 g/mol. The third-order valence-corrected chi connectivity index (χ3v) is 2.81. The standard InChI is InChI=1S/C8H10ClNO2S/c1-5(4-11)10-8(12)7-6(9)2-3-13-7/h2-3,5,11H,4H2,1H3,(H,10,12)/t5-/m1/s1. The Bertz CT molecular complexity index is 300. The van der Waals surface area contributed by atoms with Gasteiger partial charge in [-0.2, -0.15) is 0 Å². The van der Waals surface area contributed by atoms with E-state index in [-0.39, 0.29) is 18.6 Å². The van der Waals surface area contributed by atoms with Crippen LogP contribution in [-0.4, -0.2) is 23.7 Å². The molecule has 0 radical (unpaired) electrons. The Morgan fingerprint density at radius 1 is 1.85 bits per heavy atom. The number of thiophene rings is 1. The van der Waals surface area contributed by atoms with Gasteiger partial charge in [-0.15, -0.1) is 11.3 Å². The monoisotopic (exact) mass is 219 g/mol. The fourth-order valence-corrected chi connectivity index (χ4v) is 1.83. The van der Waals surface area contributed by atoms with E-state index in [9.17, 15) is 4.79 Å². The normalized spacial score (nSPS) is 12.5. The lowest BCUT2D eigenvalue weighted by Crippen LogP contribution is -2.34. The largest absolute Gasteiger partial charge is 0.394 e. The topological polar surface area (TPSA) is 49.3 Å². The number of hydrogen-bond acceptors (Lipinski definition) is 3. The summed E-state index contributed by atoms with van der Waals surface area (Å²) in [4.78, 5) is 11.9. The van der Waals surface area contributed by atoms with Crippen LogP contribution in [0, 0.1) is 0 Å². The van der Waals surface area contributed by atoms with Gasteiger partial charge in [-0.25, -0.2) is 0 Å². The Labute approximate surface area is 85.3 Å². The zero-order valence-corrected chi connectivity index (χ0v) is 8.65. The first-order valence-corrected chi connectivity index (χ1v) is 5.05. The summed E-state index contributed by atoms with van der Waals surface area (Å²) in [7, 11) is 0. The SMILES string of the molecule is C[C@H](CO)NC(=O)c1sccc1Cl. The van der Waals surface area contributed by atoms with Crippen molar-refractivity contribution in [3.05, 3.63) is 21.3 Å². The molecule has 1 rings (SSSR count). The molecule has 1 heterocycles. The van der Waals surface area contributed by atoms with Gasteiger partial charge in [-0.05, 0) is 18.4 Å². The predicted octanol–water partition coefficient (Wildman–Crippen LogP) is 1.51. The number of carbonyl (C=O) groups is 1. The summed E-state index contributed by atoms with van der Waals surface area (Å²) in [6, 6.07) is 1.43. The van der Waals surface area contributed by atoms with Crippen LogP contribution in [-0.2, 0) is 0 Å². The van der Waals surface area contributed by atoms with Crippen LogP contribution in [0.25, 0.3) is 0 Å². The van der Waals surface area contributed by atoms with Gasteiger partial charge in [-0.3, -0.25) is 4.79 Å². The van der Waals surface area contributed by atoms with Crippen LogP contribution >= 0.6 is 22.9 Å². The van der Waals surface area contributed by atoms with Crippen LogP contribution in [0.1, 0.15) is 16.6 Å². The van der Waals surface area contributed by atoms with Gasteiger partial charge < -0.3 is 10.4 Å². The first-order valence-electron chi connectivity index (χ1n) is 3.80. The molecule has 0 aliphatic heterocycles. The highest BCUT2D eigenvalue weighted by molar-refractivity contribution is 7.12. The van der Waals surface area contributed by atoms with Crippen LogP contribution in [0.2, 0.25) is 5.02 Å². The van der Waals surface area contributed by atoms with Gasteiger partial charge in [-0.1, -0.05) is 11.6 Å². The number of amides is 1. The van der Waals surface area contributed by atoms with E-state index in [2.05, 4.69) is 5.32 Å². The van der Waals surface area contributed by atoms with E-state index in [4.69, 9.17) is 16.7 Å². The van der Waals surface area contributed by atoms with Crippen molar-refractivity contribution in [2.24, 2.45) is 0 Å². The van der Waals surface area contributed by atoms with E-state index in [1.807, 2.05) is 0 Å². The molecule has 0 fully saturated rings. The molecule has 3 nitrogen and oxygen atoms in total. The minimum Gasteiger partial charge on any atom is -0.394 e. The molecule has 1 aromatic rings. The lowest BCUT2D eigenvalue weighted by atomic mass is 10.3. The molecule has 0 spiro atoms. The first kappa shape index (κ1) is 10.5. The number of hydrogen-bond donors (Lipinski definition) is 2. The number of aliphatic hydroxyl groups is 1. The van der Waals surface area contributed by atoms with Crippen molar-refractivity contribution in [2.75, 3.05) is 6.61 Å². The minimum atomic E-state index is -0.245. The van der Waals surface area contributed by atoms with Crippen molar-refractivity contribution < 1.29 is 9.90 Å². The first-order chi connectivity index (χ1) is 6.15. The molecule has 0 saturated carbocycles. The summed E-state index contributed by atoms with van der Waals surface area (Å²) in [6.45, 7) is 1.65. The maximum Gasteiger partial charge on any atom is 0.263 e. The molecule has 0 saturated heterocycles. The van der Waals surface area contributed by atoms with Gasteiger partial charge >= 0.3 is 0 Å². The number of halogens is 1. The summed E-state index contributed by atoms with van der Waals surface area (Å²) in [5.41, 5.74) is 0. The van der Waals surface area contributed by atoms with E-state index in [0.717, 1.165) is 0 Å². The van der Waals surface area contributed by atoms with Crippen LogP contribution in [0.15, 0.2) is 11.4 Å². The Kier molecular flexibility index (Phi) is 3.71. The molecule has 5 heteroatoms. The number of carbonyl (C=O) groups excluding carboxylic acids is 1. The van der Waals surface area contributed by atoms with Crippen molar-refractivity contribution in [3.8, 4) is 0 Å². The maximum absolute atomic E-state index is 11.4. The third kappa shape index (κ3) is 2.69. The zero-order valence-electron chi connectivity index (χ0n) is 7.08. The van der Waals surface area contributed by atoms with Crippen molar-refractivity contribution >= 4 is 28.8 Å². The van der Waals surface area contributed by atoms with Gasteiger partial charge in [0.2, 0.25) is 0 Å². The average Bonchev–Trinajstić information content (AvgIpc) is 2.51. The molecule has 1 aromatic heterocycles. The van der Waals surface area contributed by atoms with Crippen LogP contribution < -0.4 is 5.32 Å². The minimum absolute atomic E-state index is 0.0747. The van der Waals surface area contributed by atoms with Crippen LogP contribution in [0.4, 0.5) is 0 Å². The molecule has 72 valence electrons. The lowest BCUT2D eigenvalue weighted by molar-refractivity contribution is 0.0926. The van der Waals surface area contributed by atoms with Gasteiger partial charge in [0.15, 0.2) is 0 Å². The fraction of sp³-hybridized carbons (Fsp3) is 0.375. The molecule has 0 aromatic carbocycles. The number of aliphatic hydroxyl groups excluding tert-OH is 1. The predicted molar refractivity (Wildman–Crippen MR) is 53.3 cm³/mol. The molecular formula is C8H10ClNO2S. The second-order valence-electron chi connectivity index (χ2n) is 2.65. The smallest absolute Gasteiger partial charge is 0.263 e.